The summed E-state index contributed by atoms with van der Waals surface area (Å²) in [7, 11) is 0. The predicted octanol–water partition coefficient (Wildman–Crippen LogP) is 0.800. The Morgan fingerprint density at radius 2 is 2.24 bits per heavy atom. The lowest BCUT2D eigenvalue weighted by Gasteiger charge is -2.13. The fraction of sp³-hybridized carbons (Fsp3) is 0.750. The summed E-state index contributed by atoms with van der Waals surface area (Å²) in [6, 6.07) is 0. The molecule has 1 atom stereocenters. The van der Waals surface area contributed by atoms with Crippen molar-refractivity contribution in [2.45, 2.75) is 20.0 Å². The number of rotatable bonds is 7. The third-order valence-electron chi connectivity index (χ3n) is 2.42. The SMILES string of the molecule is C=C(C)C(=O)OCCOCCN1COC(C)C1. The van der Waals surface area contributed by atoms with Crippen molar-refractivity contribution in [3.63, 3.8) is 0 Å². The molecule has 0 bridgehead atoms. The van der Waals surface area contributed by atoms with E-state index in [1.807, 2.05) is 0 Å². The molecule has 98 valence electrons. The van der Waals surface area contributed by atoms with Crippen LogP contribution in [0.4, 0.5) is 0 Å². The van der Waals surface area contributed by atoms with Crippen LogP contribution in [-0.4, -0.2) is 56.6 Å². The normalized spacial score (nSPS) is 20.5. The number of ether oxygens (including phenoxy) is 3. The lowest BCUT2D eigenvalue weighted by Crippen LogP contribution is -2.26. The highest BCUT2D eigenvalue weighted by Gasteiger charge is 2.17. The minimum absolute atomic E-state index is 0.276. The zero-order chi connectivity index (χ0) is 12.7. The number of hydrogen-bond donors (Lipinski definition) is 0. The summed E-state index contributed by atoms with van der Waals surface area (Å²) in [4.78, 5) is 13.2. The van der Waals surface area contributed by atoms with Crippen molar-refractivity contribution in [2.75, 3.05) is 39.6 Å². The highest BCUT2D eigenvalue weighted by Crippen LogP contribution is 2.05. The van der Waals surface area contributed by atoms with Crippen LogP contribution in [0.25, 0.3) is 0 Å². The van der Waals surface area contributed by atoms with E-state index in [9.17, 15) is 4.79 Å². The fourth-order valence-electron chi connectivity index (χ4n) is 1.47. The van der Waals surface area contributed by atoms with Crippen molar-refractivity contribution in [3.05, 3.63) is 12.2 Å². The van der Waals surface area contributed by atoms with Gasteiger partial charge in [0.2, 0.25) is 0 Å². The van der Waals surface area contributed by atoms with Crippen LogP contribution >= 0.6 is 0 Å². The first kappa shape index (κ1) is 14.2. The zero-order valence-corrected chi connectivity index (χ0v) is 10.6. The predicted molar refractivity (Wildman–Crippen MR) is 63.6 cm³/mol. The number of carbonyl (C=O) groups is 1. The molecule has 1 fully saturated rings. The Bertz CT molecular complexity index is 267. The van der Waals surface area contributed by atoms with Gasteiger partial charge >= 0.3 is 5.97 Å². The standard InChI is InChI=1S/C12H21NO4/c1-10(2)12(14)16-7-6-15-5-4-13-8-11(3)17-9-13/h11H,1,4-9H2,2-3H3. The molecule has 1 heterocycles. The maximum absolute atomic E-state index is 11.0. The van der Waals surface area contributed by atoms with Gasteiger partial charge in [-0.2, -0.15) is 0 Å². The molecule has 1 aliphatic heterocycles. The number of hydrogen-bond acceptors (Lipinski definition) is 5. The molecule has 0 radical (unpaired) electrons. The van der Waals surface area contributed by atoms with Gasteiger partial charge in [0, 0.05) is 18.7 Å². The molecule has 0 saturated carbocycles. The average Bonchev–Trinajstić information content (AvgIpc) is 2.68. The molecule has 1 aliphatic rings. The van der Waals surface area contributed by atoms with Gasteiger partial charge in [-0.05, 0) is 13.8 Å². The smallest absolute Gasteiger partial charge is 0.333 e. The topological polar surface area (TPSA) is 48.0 Å². The highest BCUT2D eigenvalue weighted by atomic mass is 16.6. The third kappa shape index (κ3) is 5.81. The Morgan fingerprint density at radius 3 is 2.82 bits per heavy atom. The maximum Gasteiger partial charge on any atom is 0.333 e. The summed E-state index contributed by atoms with van der Waals surface area (Å²) < 4.78 is 15.6. The molecule has 0 N–H and O–H groups in total. The molecule has 1 unspecified atom stereocenters. The van der Waals surface area contributed by atoms with Gasteiger partial charge in [-0.15, -0.1) is 0 Å². The van der Waals surface area contributed by atoms with E-state index < -0.39 is 0 Å². The monoisotopic (exact) mass is 243 g/mol. The van der Waals surface area contributed by atoms with Crippen molar-refractivity contribution in [3.8, 4) is 0 Å². The first-order valence-electron chi connectivity index (χ1n) is 5.84. The van der Waals surface area contributed by atoms with E-state index in [4.69, 9.17) is 14.2 Å². The third-order valence-corrected chi connectivity index (χ3v) is 2.42. The molecule has 1 rings (SSSR count). The van der Waals surface area contributed by atoms with Crippen LogP contribution in [0.1, 0.15) is 13.8 Å². The van der Waals surface area contributed by atoms with E-state index in [1.165, 1.54) is 0 Å². The zero-order valence-electron chi connectivity index (χ0n) is 10.6. The molecule has 5 heteroatoms. The van der Waals surface area contributed by atoms with Gasteiger partial charge in [-0.25, -0.2) is 4.79 Å². The lowest BCUT2D eigenvalue weighted by atomic mass is 10.4. The molecule has 17 heavy (non-hydrogen) atoms. The summed E-state index contributed by atoms with van der Waals surface area (Å²) in [5.41, 5.74) is 0.410. The van der Waals surface area contributed by atoms with Gasteiger partial charge in [0.1, 0.15) is 6.61 Å². The molecule has 0 aromatic carbocycles. The summed E-state index contributed by atoms with van der Waals surface area (Å²) in [5.74, 6) is -0.365. The van der Waals surface area contributed by atoms with Gasteiger partial charge in [-0.3, -0.25) is 4.90 Å². The molecular weight excluding hydrogens is 222 g/mol. The van der Waals surface area contributed by atoms with E-state index in [-0.39, 0.29) is 12.6 Å². The minimum Gasteiger partial charge on any atom is -0.460 e. The van der Waals surface area contributed by atoms with Crippen LogP contribution in [0, 0.1) is 0 Å². The van der Waals surface area contributed by atoms with Crippen molar-refractivity contribution in [2.24, 2.45) is 0 Å². The molecule has 0 spiro atoms. The van der Waals surface area contributed by atoms with Crippen LogP contribution in [0.15, 0.2) is 12.2 Å². The van der Waals surface area contributed by atoms with Crippen LogP contribution in [-0.2, 0) is 19.0 Å². The summed E-state index contributed by atoms with van der Waals surface area (Å²) >= 11 is 0. The van der Waals surface area contributed by atoms with Gasteiger partial charge in [0.05, 0.1) is 26.0 Å². The van der Waals surface area contributed by atoms with Gasteiger partial charge in [-0.1, -0.05) is 6.58 Å². The summed E-state index contributed by atoms with van der Waals surface area (Å²) in [6.45, 7) is 11.0. The second-order valence-corrected chi connectivity index (χ2v) is 4.21. The number of esters is 1. The fourth-order valence-corrected chi connectivity index (χ4v) is 1.47. The van der Waals surface area contributed by atoms with Crippen molar-refractivity contribution in [1.29, 1.82) is 0 Å². The van der Waals surface area contributed by atoms with Gasteiger partial charge in [0.25, 0.3) is 0 Å². The Hall–Kier alpha value is -0.910. The molecule has 5 nitrogen and oxygen atoms in total. The van der Waals surface area contributed by atoms with Crippen LogP contribution in [0.3, 0.4) is 0 Å². The van der Waals surface area contributed by atoms with E-state index in [0.717, 1.165) is 13.1 Å². The van der Waals surface area contributed by atoms with Crippen LogP contribution in [0.5, 0.6) is 0 Å². The minimum atomic E-state index is -0.365. The Balaban J connectivity index is 1.91. The maximum atomic E-state index is 11.0. The second kappa shape index (κ2) is 7.42. The molecule has 0 amide bonds. The first-order chi connectivity index (χ1) is 8.09. The van der Waals surface area contributed by atoms with Crippen LogP contribution in [0.2, 0.25) is 0 Å². The Labute approximate surface area is 102 Å². The van der Waals surface area contributed by atoms with Crippen molar-refractivity contribution >= 4 is 5.97 Å². The molecule has 0 aromatic heterocycles. The highest BCUT2D eigenvalue weighted by molar-refractivity contribution is 5.86. The largest absolute Gasteiger partial charge is 0.460 e. The molecule has 1 saturated heterocycles. The number of nitrogens with zero attached hydrogens (tertiary/aromatic N) is 1. The van der Waals surface area contributed by atoms with Crippen molar-refractivity contribution < 1.29 is 19.0 Å². The molecule has 0 aliphatic carbocycles. The van der Waals surface area contributed by atoms with E-state index in [2.05, 4.69) is 18.4 Å². The van der Waals surface area contributed by atoms with E-state index in [0.29, 0.717) is 31.6 Å². The quantitative estimate of drug-likeness (QED) is 0.376. The van der Waals surface area contributed by atoms with Crippen molar-refractivity contribution in [1.82, 2.24) is 4.90 Å². The van der Waals surface area contributed by atoms with E-state index >= 15 is 0 Å². The lowest BCUT2D eigenvalue weighted by molar-refractivity contribution is -0.140. The Kier molecular flexibility index (Phi) is 6.18. The van der Waals surface area contributed by atoms with Gasteiger partial charge in [0.15, 0.2) is 0 Å². The van der Waals surface area contributed by atoms with Gasteiger partial charge < -0.3 is 14.2 Å². The first-order valence-corrected chi connectivity index (χ1v) is 5.84. The summed E-state index contributed by atoms with van der Waals surface area (Å²) in [5, 5.41) is 0. The summed E-state index contributed by atoms with van der Waals surface area (Å²) in [6.07, 6.45) is 0.312. The molecule has 0 aromatic rings. The second-order valence-electron chi connectivity index (χ2n) is 4.21. The number of carbonyl (C=O) groups excluding carboxylic acids is 1. The van der Waals surface area contributed by atoms with Crippen LogP contribution < -0.4 is 0 Å². The van der Waals surface area contributed by atoms with E-state index in [1.54, 1.807) is 6.92 Å². The Morgan fingerprint density at radius 1 is 1.47 bits per heavy atom. The average molecular weight is 243 g/mol. The molecular formula is C12H21NO4.